The van der Waals surface area contributed by atoms with Crippen molar-refractivity contribution in [2.24, 2.45) is 0 Å². The molecule has 0 fully saturated rings. The molecule has 0 saturated carbocycles. The van der Waals surface area contributed by atoms with Crippen LogP contribution in [0.3, 0.4) is 0 Å². The Morgan fingerprint density at radius 3 is 2.30 bits per heavy atom. The van der Waals surface area contributed by atoms with E-state index in [4.69, 9.17) is 5.11 Å². The van der Waals surface area contributed by atoms with Crippen LogP contribution in [0.5, 0.6) is 0 Å². The monoisotopic (exact) mass is 144 g/mol. The molecule has 2 nitrogen and oxygen atoms in total. The number of hydrogen-bond donors (Lipinski definition) is 2. The first-order chi connectivity index (χ1) is 4.48. The molecule has 0 aromatic heterocycles. The molecule has 0 saturated heterocycles. The molecule has 0 bridgehead atoms. The van der Waals surface area contributed by atoms with E-state index in [0.717, 1.165) is 5.57 Å². The summed E-state index contributed by atoms with van der Waals surface area (Å²) in [6, 6.07) is 0. The molecule has 10 heavy (non-hydrogen) atoms. The van der Waals surface area contributed by atoms with E-state index in [1.165, 1.54) is 0 Å². The molecule has 0 aromatic carbocycles. The van der Waals surface area contributed by atoms with E-state index < -0.39 is 5.60 Å². The largest absolute Gasteiger partial charge is 0.396 e. The van der Waals surface area contributed by atoms with Crippen LogP contribution in [0.15, 0.2) is 11.6 Å². The van der Waals surface area contributed by atoms with Gasteiger partial charge in [0.25, 0.3) is 0 Å². The molecule has 0 aliphatic heterocycles. The summed E-state index contributed by atoms with van der Waals surface area (Å²) in [7, 11) is 0. The summed E-state index contributed by atoms with van der Waals surface area (Å²) in [5.74, 6) is 0. The third-order valence-corrected chi connectivity index (χ3v) is 1.22. The number of rotatable bonds is 3. The van der Waals surface area contributed by atoms with Crippen LogP contribution >= 0.6 is 0 Å². The molecule has 1 atom stereocenters. The fraction of sp³-hybridized carbons (Fsp3) is 0.750. The lowest BCUT2D eigenvalue weighted by Gasteiger charge is -2.17. The van der Waals surface area contributed by atoms with Crippen LogP contribution in [-0.4, -0.2) is 22.4 Å². The van der Waals surface area contributed by atoms with Crippen molar-refractivity contribution in [1.29, 1.82) is 0 Å². The van der Waals surface area contributed by atoms with E-state index in [0.29, 0.717) is 6.42 Å². The summed E-state index contributed by atoms with van der Waals surface area (Å²) in [6.45, 7) is 5.56. The molecule has 0 aliphatic carbocycles. The van der Waals surface area contributed by atoms with Crippen molar-refractivity contribution >= 4 is 0 Å². The Labute approximate surface area is 62.2 Å². The summed E-state index contributed by atoms with van der Waals surface area (Å²) in [5, 5.41) is 18.0. The van der Waals surface area contributed by atoms with Crippen molar-refractivity contribution in [1.82, 2.24) is 0 Å². The van der Waals surface area contributed by atoms with Gasteiger partial charge in [-0.1, -0.05) is 11.6 Å². The van der Waals surface area contributed by atoms with Gasteiger partial charge in [-0.15, -0.1) is 0 Å². The topological polar surface area (TPSA) is 40.5 Å². The molecule has 0 aliphatic rings. The van der Waals surface area contributed by atoms with Gasteiger partial charge in [0.15, 0.2) is 0 Å². The van der Waals surface area contributed by atoms with Crippen molar-refractivity contribution in [2.75, 3.05) is 6.61 Å². The minimum absolute atomic E-state index is 0.0246. The van der Waals surface area contributed by atoms with E-state index in [2.05, 4.69) is 0 Å². The van der Waals surface area contributed by atoms with Crippen LogP contribution in [0, 0.1) is 0 Å². The van der Waals surface area contributed by atoms with Gasteiger partial charge in [-0.2, -0.15) is 0 Å². The van der Waals surface area contributed by atoms with Gasteiger partial charge in [-0.25, -0.2) is 0 Å². The highest BCUT2D eigenvalue weighted by molar-refractivity contribution is 5.04. The summed E-state index contributed by atoms with van der Waals surface area (Å²) in [6.07, 6.45) is 2.15. The molecule has 2 heteroatoms. The van der Waals surface area contributed by atoms with Gasteiger partial charge >= 0.3 is 0 Å². The molecule has 2 N–H and O–H groups in total. The highest BCUT2D eigenvalue weighted by atomic mass is 16.3. The van der Waals surface area contributed by atoms with Crippen LogP contribution in [0.2, 0.25) is 0 Å². The number of aliphatic hydroxyl groups excluding tert-OH is 1. The number of aliphatic hydroxyl groups is 2. The molecule has 0 rings (SSSR count). The lowest BCUT2D eigenvalue weighted by atomic mass is 10.0. The predicted octanol–water partition coefficient (Wildman–Crippen LogP) is 1.09. The lowest BCUT2D eigenvalue weighted by Crippen LogP contribution is -2.22. The lowest BCUT2D eigenvalue weighted by molar-refractivity contribution is 0.0781. The molecule has 0 heterocycles. The van der Waals surface area contributed by atoms with Crippen molar-refractivity contribution in [3.63, 3.8) is 0 Å². The molecule has 0 radical (unpaired) electrons. The van der Waals surface area contributed by atoms with E-state index in [1.807, 2.05) is 13.8 Å². The summed E-state index contributed by atoms with van der Waals surface area (Å²) in [5.41, 5.74) is 0.228. The Kier molecular flexibility index (Phi) is 3.61. The predicted molar refractivity (Wildman–Crippen MR) is 41.8 cm³/mol. The van der Waals surface area contributed by atoms with Crippen molar-refractivity contribution in [3.05, 3.63) is 11.6 Å². The highest BCUT2D eigenvalue weighted by Gasteiger charge is 2.14. The average Bonchev–Trinajstić information content (AvgIpc) is 1.59. The second-order valence-corrected chi connectivity index (χ2v) is 3.05. The third kappa shape index (κ3) is 4.53. The van der Waals surface area contributed by atoms with Gasteiger partial charge in [0, 0.05) is 13.0 Å². The zero-order chi connectivity index (χ0) is 8.20. The zero-order valence-electron chi connectivity index (χ0n) is 6.89. The van der Waals surface area contributed by atoms with Crippen molar-refractivity contribution in [2.45, 2.75) is 32.8 Å². The molecule has 0 aromatic rings. The van der Waals surface area contributed by atoms with Crippen LogP contribution in [0.1, 0.15) is 27.2 Å². The van der Waals surface area contributed by atoms with Gasteiger partial charge in [0.2, 0.25) is 0 Å². The van der Waals surface area contributed by atoms with E-state index in [9.17, 15) is 5.11 Å². The first-order valence-electron chi connectivity index (χ1n) is 3.47. The molecule has 1 unspecified atom stereocenters. The second kappa shape index (κ2) is 3.74. The normalized spacial score (nSPS) is 16.1. The van der Waals surface area contributed by atoms with Gasteiger partial charge in [0.05, 0.1) is 5.60 Å². The van der Waals surface area contributed by atoms with Crippen LogP contribution < -0.4 is 0 Å². The maximum Gasteiger partial charge on any atom is 0.0823 e. The summed E-state index contributed by atoms with van der Waals surface area (Å²) in [4.78, 5) is 0. The smallest absolute Gasteiger partial charge is 0.0823 e. The Hall–Kier alpha value is -0.340. The quantitative estimate of drug-likeness (QED) is 0.582. The van der Waals surface area contributed by atoms with Gasteiger partial charge in [-0.3, -0.25) is 0 Å². The van der Waals surface area contributed by atoms with E-state index in [-0.39, 0.29) is 6.61 Å². The molecular weight excluding hydrogens is 128 g/mol. The molecule has 60 valence electrons. The van der Waals surface area contributed by atoms with Gasteiger partial charge in [0.1, 0.15) is 0 Å². The SMILES string of the molecule is CC(C)=CC(C)(O)CCO. The first kappa shape index (κ1) is 9.66. The fourth-order valence-electron chi connectivity index (χ4n) is 0.920. The fourth-order valence-corrected chi connectivity index (χ4v) is 0.920. The second-order valence-electron chi connectivity index (χ2n) is 3.05. The maximum absolute atomic E-state index is 9.45. The van der Waals surface area contributed by atoms with Crippen LogP contribution in [0.25, 0.3) is 0 Å². The third-order valence-electron chi connectivity index (χ3n) is 1.22. The summed E-state index contributed by atoms with van der Waals surface area (Å²) < 4.78 is 0. The Morgan fingerprint density at radius 2 is 2.00 bits per heavy atom. The van der Waals surface area contributed by atoms with Crippen molar-refractivity contribution < 1.29 is 10.2 Å². The zero-order valence-corrected chi connectivity index (χ0v) is 6.89. The van der Waals surface area contributed by atoms with Gasteiger partial charge < -0.3 is 10.2 Å². The highest BCUT2D eigenvalue weighted by Crippen LogP contribution is 2.12. The van der Waals surface area contributed by atoms with E-state index >= 15 is 0 Å². The Bertz CT molecular complexity index is 121. The minimum atomic E-state index is -0.840. The minimum Gasteiger partial charge on any atom is -0.396 e. The van der Waals surface area contributed by atoms with Crippen molar-refractivity contribution in [3.8, 4) is 0 Å². The maximum atomic E-state index is 9.45. The Balaban J connectivity index is 3.98. The van der Waals surface area contributed by atoms with E-state index in [1.54, 1.807) is 13.0 Å². The molecule has 0 spiro atoms. The van der Waals surface area contributed by atoms with Gasteiger partial charge in [-0.05, 0) is 20.8 Å². The summed E-state index contributed by atoms with van der Waals surface area (Å²) >= 11 is 0. The average molecular weight is 144 g/mol. The standard InChI is InChI=1S/C8H16O2/c1-7(2)6-8(3,10)4-5-9/h6,9-10H,4-5H2,1-3H3. The first-order valence-corrected chi connectivity index (χ1v) is 3.47. The number of hydrogen-bond acceptors (Lipinski definition) is 2. The number of allylic oxidation sites excluding steroid dienone is 1. The van der Waals surface area contributed by atoms with Crippen LogP contribution in [0.4, 0.5) is 0 Å². The van der Waals surface area contributed by atoms with Crippen LogP contribution in [-0.2, 0) is 0 Å². The molecular formula is C8H16O2. The Morgan fingerprint density at radius 1 is 1.50 bits per heavy atom. The molecule has 0 amide bonds.